The zero-order valence-corrected chi connectivity index (χ0v) is 12.5. The van der Waals surface area contributed by atoms with E-state index in [4.69, 9.17) is 15.2 Å². The molecule has 3 N–H and O–H groups in total. The number of nitrogen functional groups attached to an aromatic ring is 1. The normalized spacial score (nSPS) is 10.0. The minimum atomic E-state index is -0.369. The molecule has 0 aliphatic heterocycles. The Morgan fingerprint density at radius 3 is 2.67 bits per heavy atom. The summed E-state index contributed by atoms with van der Waals surface area (Å²) in [6, 6.07) is 4.96. The van der Waals surface area contributed by atoms with Crippen LogP contribution in [0.25, 0.3) is 0 Å². The largest absolute Gasteiger partial charge is 0.496 e. The van der Waals surface area contributed by atoms with Crippen LogP contribution in [0.5, 0.6) is 5.75 Å². The van der Waals surface area contributed by atoms with Gasteiger partial charge in [-0.2, -0.15) is 0 Å². The highest BCUT2D eigenvalue weighted by Gasteiger charge is 2.21. The number of amides is 2. The highest BCUT2D eigenvalue weighted by atomic mass is 16.5. The third-order valence-electron chi connectivity index (χ3n) is 2.85. The smallest absolute Gasteiger partial charge is 0.259 e. The number of methoxy groups -OCH3 is 2. The monoisotopic (exact) mass is 295 g/mol. The van der Waals surface area contributed by atoms with Crippen LogP contribution in [0.2, 0.25) is 0 Å². The first-order valence-electron chi connectivity index (χ1n) is 6.44. The van der Waals surface area contributed by atoms with Gasteiger partial charge < -0.3 is 25.4 Å². The van der Waals surface area contributed by atoms with Crippen molar-refractivity contribution in [1.29, 1.82) is 0 Å². The molecule has 116 valence electrons. The minimum Gasteiger partial charge on any atom is -0.496 e. The summed E-state index contributed by atoms with van der Waals surface area (Å²) in [7, 11) is 4.54. The molecule has 1 rings (SSSR count). The number of benzene rings is 1. The molecule has 21 heavy (non-hydrogen) atoms. The van der Waals surface area contributed by atoms with Crippen molar-refractivity contribution in [1.82, 2.24) is 10.2 Å². The van der Waals surface area contributed by atoms with E-state index in [1.807, 2.05) is 0 Å². The summed E-state index contributed by atoms with van der Waals surface area (Å²) in [5.41, 5.74) is 6.39. The first-order chi connectivity index (χ1) is 10.0. The molecular weight excluding hydrogens is 274 g/mol. The van der Waals surface area contributed by atoms with E-state index in [-0.39, 0.29) is 23.9 Å². The summed E-state index contributed by atoms with van der Waals surface area (Å²) in [4.78, 5) is 25.3. The Labute approximate surface area is 124 Å². The molecule has 0 unspecified atom stereocenters. The fourth-order valence-corrected chi connectivity index (χ4v) is 1.77. The molecule has 0 heterocycles. The van der Waals surface area contributed by atoms with E-state index in [1.54, 1.807) is 25.3 Å². The second kappa shape index (κ2) is 8.11. The van der Waals surface area contributed by atoms with E-state index in [0.29, 0.717) is 24.6 Å². The van der Waals surface area contributed by atoms with Crippen LogP contribution in [0.3, 0.4) is 0 Å². The van der Waals surface area contributed by atoms with Crippen molar-refractivity contribution in [2.24, 2.45) is 0 Å². The van der Waals surface area contributed by atoms with Crippen molar-refractivity contribution >= 4 is 17.5 Å². The van der Waals surface area contributed by atoms with Crippen LogP contribution < -0.4 is 15.8 Å². The van der Waals surface area contributed by atoms with Crippen LogP contribution in [-0.2, 0) is 9.53 Å². The number of hydrogen-bond donors (Lipinski definition) is 2. The molecule has 0 aliphatic carbocycles. The van der Waals surface area contributed by atoms with Crippen LogP contribution >= 0.6 is 0 Å². The van der Waals surface area contributed by atoms with Gasteiger partial charge >= 0.3 is 0 Å². The van der Waals surface area contributed by atoms with E-state index in [9.17, 15) is 9.59 Å². The summed E-state index contributed by atoms with van der Waals surface area (Å²) in [5.74, 6) is -0.255. The van der Waals surface area contributed by atoms with Crippen LogP contribution in [0.1, 0.15) is 10.4 Å². The summed E-state index contributed by atoms with van der Waals surface area (Å²) >= 11 is 0. The third-order valence-corrected chi connectivity index (χ3v) is 2.85. The Morgan fingerprint density at radius 2 is 2.05 bits per heavy atom. The molecule has 7 heteroatoms. The first kappa shape index (κ1) is 16.8. The van der Waals surface area contributed by atoms with Gasteiger partial charge in [0.2, 0.25) is 5.91 Å². The van der Waals surface area contributed by atoms with Gasteiger partial charge in [-0.05, 0) is 12.1 Å². The second-order valence-corrected chi connectivity index (χ2v) is 4.43. The molecule has 2 amide bonds. The number of anilines is 1. The van der Waals surface area contributed by atoms with Gasteiger partial charge in [-0.25, -0.2) is 0 Å². The zero-order chi connectivity index (χ0) is 15.8. The lowest BCUT2D eigenvalue weighted by atomic mass is 10.1. The molecule has 0 saturated heterocycles. The van der Waals surface area contributed by atoms with Gasteiger partial charge in [-0.15, -0.1) is 0 Å². The number of nitrogens with two attached hydrogens (primary N) is 1. The topological polar surface area (TPSA) is 93.9 Å². The lowest BCUT2D eigenvalue weighted by Gasteiger charge is -2.19. The van der Waals surface area contributed by atoms with Crippen LogP contribution in [-0.4, -0.2) is 57.7 Å². The van der Waals surface area contributed by atoms with Gasteiger partial charge in [0.15, 0.2) is 0 Å². The van der Waals surface area contributed by atoms with Crippen molar-refractivity contribution in [3.8, 4) is 5.75 Å². The van der Waals surface area contributed by atoms with Gasteiger partial charge in [0.05, 0.1) is 20.3 Å². The lowest BCUT2D eigenvalue weighted by molar-refractivity contribution is -0.121. The summed E-state index contributed by atoms with van der Waals surface area (Å²) in [6.45, 7) is 0.747. The van der Waals surface area contributed by atoms with Crippen molar-refractivity contribution in [2.75, 3.05) is 46.7 Å². The molecule has 1 aromatic rings. The average Bonchev–Trinajstić information content (AvgIpc) is 2.46. The van der Waals surface area contributed by atoms with Crippen LogP contribution in [0.15, 0.2) is 18.2 Å². The molecule has 0 spiro atoms. The third kappa shape index (κ3) is 4.64. The SMILES string of the molecule is COCCNC(=O)CN(C)C(=O)c1c(N)cccc1OC. The van der Waals surface area contributed by atoms with Crippen LogP contribution in [0.4, 0.5) is 5.69 Å². The Kier molecular flexibility index (Phi) is 6.48. The number of nitrogens with one attached hydrogen (secondary N) is 1. The Morgan fingerprint density at radius 1 is 1.33 bits per heavy atom. The minimum absolute atomic E-state index is 0.0694. The molecule has 0 fully saturated rings. The molecule has 0 aromatic heterocycles. The summed E-state index contributed by atoms with van der Waals surface area (Å²) in [5, 5.41) is 2.64. The molecule has 0 saturated carbocycles. The van der Waals surface area contributed by atoms with E-state index in [0.717, 1.165) is 0 Å². The Balaban J connectivity index is 2.73. The number of ether oxygens (including phenoxy) is 2. The summed E-state index contributed by atoms with van der Waals surface area (Å²) < 4.78 is 9.97. The van der Waals surface area contributed by atoms with E-state index in [1.165, 1.54) is 19.1 Å². The van der Waals surface area contributed by atoms with Crippen molar-refractivity contribution in [2.45, 2.75) is 0 Å². The van der Waals surface area contributed by atoms with Crippen molar-refractivity contribution in [3.05, 3.63) is 23.8 Å². The van der Waals surface area contributed by atoms with E-state index >= 15 is 0 Å². The number of nitrogens with zero attached hydrogens (tertiary/aromatic N) is 1. The predicted molar refractivity (Wildman–Crippen MR) is 79.3 cm³/mol. The van der Waals surface area contributed by atoms with Gasteiger partial charge in [-0.1, -0.05) is 6.07 Å². The van der Waals surface area contributed by atoms with Crippen molar-refractivity contribution < 1.29 is 19.1 Å². The Hall–Kier alpha value is -2.28. The first-order valence-corrected chi connectivity index (χ1v) is 6.44. The Bertz CT molecular complexity index is 505. The van der Waals surface area contributed by atoms with Gasteiger partial charge in [0.25, 0.3) is 5.91 Å². The van der Waals surface area contributed by atoms with Crippen molar-refractivity contribution in [3.63, 3.8) is 0 Å². The zero-order valence-electron chi connectivity index (χ0n) is 12.5. The highest BCUT2D eigenvalue weighted by Crippen LogP contribution is 2.25. The van der Waals surface area contributed by atoms with Gasteiger partial charge in [0.1, 0.15) is 11.3 Å². The second-order valence-electron chi connectivity index (χ2n) is 4.43. The number of rotatable bonds is 7. The van der Waals surface area contributed by atoms with E-state index < -0.39 is 0 Å². The maximum Gasteiger partial charge on any atom is 0.259 e. The maximum atomic E-state index is 12.4. The fourth-order valence-electron chi connectivity index (χ4n) is 1.77. The predicted octanol–water partition coefficient (Wildman–Crippen LogP) is 0.112. The van der Waals surface area contributed by atoms with Crippen LogP contribution in [0, 0.1) is 0 Å². The number of likely N-dealkylation sites (N-methyl/N-ethyl adjacent to an activating group) is 1. The molecule has 0 radical (unpaired) electrons. The highest BCUT2D eigenvalue weighted by molar-refractivity contribution is 6.03. The molecule has 0 aliphatic rings. The van der Waals surface area contributed by atoms with Gasteiger partial charge in [-0.3, -0.25) is 9.59 Å². The quantitative estimate of drug-likeness (QED) is 0.550. The van der Waals surface area contributed by atoms with Gasteiger partial charge in [0, 0.05) is 26.4 Å². The fraction of sp³-hybridized carbons (Fsp3) is 0.429. The number of hydrogen-bond acceptors (Lipinski definition) is 5. The number of carbonyl (C=O) groups excluding carboxylic acids is 2. The molecule has 1 aromatic carbocycles. The number of carbonyl (C=O) groups is 2. The molecule has 0 bridgehead atoms. The summed E-state index contributed by atoms with van der Waals surface area (Å²) in [6.07, 6.45) is 0. The standard InChI is InChI=1S/C14H21N3O4/c1-17(9-12(18)16-7-8-20-2)14(19)13-10(15)5-4-6-11(13)21-3/h4-6H,7-9,15H2,1-3H3,(H,16,18). The lowest BCUT2D eigenvalue weighted by Crippen LogP contribution is -2.39. The molecular formula is C14H21N3O4. The molecule has 0 atom stereocenters. The van der Waals surface area contributed by atoms with E-state index in [2.05, 4.69) is 5.32 Å². The molecule has 7 nitrogen and oxygen atoms in total. The average molecular weight is 295 g/mol. The maximum absolute atomic E-state index is 12.4.